The van der Waals surface area contributed by atoms with Gasteiger partial charge < -0.3 is 14.8 Å². The number of amides is 2. The third-order valence-electron chi connectivity index (χ3n) is 6.30. The highest BCUT2D eigenvalue weighted by molar-refractivity contribution is 5.94. The summed E-state index contributed by atoms with van der Waals surface area (Å²) in [6.07, 6.45) is 3.09. The second kappa shape index (κ2) is 7.34. The van der Waals surface area contributed by atoms with Gasteiger partial charge in [-0.3, -0.25) is 14.4 Å². The molecule has 0 bridgehead atoms. The molecular formula is C22H23FN4O3. The zero-order chi connectivity index (χ0) is 20.8. The number of H-pyrrole nitrogens is 1. The Labute approximate surface area is 172 Å². The first-order valence-electron chi connectivity index (χ1n) is 10.5. The van der Waals surface area contributed by atoms with Crippen molar-refractivity contribution in [1.82, 2.24) is 19.8 Å². The number of halogens is 1. The van der Waals surface area contributed by atoms with Crippen LogP contribution in [0.2, 0.25) is 0 Å². The van der Waals surface area contributed by atoms with Crippen LogP contribution in [0.3, 0.4) is 0 Å². The summed E-state index contributed by atoms with van der Waals surface area (Å²) < 4.78 is 14.0. The summed E-state index contributed by atoms with van der Waals surface area (Å²) >= 11 is 0. The van der Waals surface area contributed by atoms with Crippen LogP contribution in [0.5, 0.6) is 0 Å². The van der Waals surface area contributed by atoms with Gasteiger partial charge in [-0.25, -0.2) is 9.37 Å². The molecule has 3 heterocycles. The molecule has 3 aliphatic rings. The number of carbonyl (C=O) groups excluding carboxylic acids is 2. The Morgan fingerprint density at radius 3 is 2.67 bits per heavy atom. The van der Waals surface area contributed by atoms with Crippen molar-refractivity contribution < 1.29 is 14.0 Å². The summed E-state index contributed by atoms with van der Waals surface area (Å²) in [5, 5.41) is 0. The van der Waals surface area contributed by atoms with Gasteiger partial charge in [-0.1, -0.05) is 12.1 Å². The lowest BCUT2D eigenvalue weighted by Gasteiger charge is -2.28. The average Bonchev–Trinajstić information content (AvgIpc) is 3.48. The predicted octanol–water partition coefficient (Wildman–Crippen LogP) is 1.83. The summed E-state index contributed by atoms with van der Waals surface area (Å²) in [5.41, 5.74) is 0.993. The lowest BCUT2D eigenvalue weighted by atomic mass is 10.0. The fraction of sp³-hybridized carbons (Fsp3) is 0.455. The molecule has 0 unspecified atom stereocenters. The molecule has 7 nitrogen and oxygen atoms in total. The predicted molar refractivity (Wildman–Crippen MR) is 106 cm³/mol. The van der Waals surface area contributed by atoms with E-state index in [1.54, 1.807) is 12.1 Å². The Bertz CT molecular complexity index is 1080. The van der Waals surface area contributed by atoms with Crippen molar-refractivity contribution in [2.24, 2.45) is 5.92 Å². The van der Waals surface area contributed by atoms with E-state index in [1.165, 1.54) is 17.0 Å². The van der Waals surface area contributed by atoms with E-state index in [-0.39, 0.29) is 35.4 Å². The quantitative estimate of drug-likeness (QED) is 0.837. The first kappa shape index (κ1) is 19.0. The topological polar surface area (TPSA) is 86.4 Å². The molecule has 156 valence electrons. The molecule has 1 aliphatic carbocycles. The maximum atomic E-state index is 14.0. The summed E-state index contributed by atoms with van der Waals surface area (Å²) in [6.45, 7) is 1.77. The van der Waals surface area contributed by atoms with Gasteiger partial charge in [0.2, 0.25) is 5.91 Å². The van der Waals surface area contributed by atoms with Crippen molar-refractivity contribution in [2.45, 2.75) is 38.1 Å². The molecule has 1 N–H and O–H groups in total. The van der Waals surface area contributed by atoms with Crippen LogP contribution in [-0.2, 0) is 17.8 Å². The lowest BCUT2D eigenvalue weighted by molar-refractivity contribution is -0.131. The molecule has 0 radical (unpaired) electrons. The zero-order valence-corrected chi connectivity index (χ0v) is 16.6. The normalized spacial score (nSPS) is 20.9. The number of benzene rings is 1. The number of fused-ring (bicyclic) bond motifs is 1. The van der Waals surface area contributed by atoms with Gasteiger partial charge in [-0.2, -0.15) is 0 Å². The van der Waals surface area contributed by atoms with Gasteiger partial charge in [0.1, 0.15) is 11.6 Å². The van der Waals surface area contributed by atoms with Crippen molar-refractivity contribution in [2.75, 3.05) is 19.6 Å². The van der Waals surface area contributed by atoms with Crippen LogP contribution in [0.1, 0.15) is 52.6 Å². The number of likely N-dealkylation sites (tertiary alicyclic amines) is 1. The van der Waals surface area contributed by atoms with Crippen LogP contribution >= 0.6 is 0 Å². The van der Waals surface area contributed by atoms with Crippen molar-refractivity contribution in [1.29, 1.82) is 0 Å². The summed E-state index contributed by atoms with van der Waals surface area (Å²) in [6, 6.07) is 5.91. The summed E-state index contributed by atoms with van der Waals surface area (Å²) in [5.74, 6) is -0.00576. The molecule has 1 aromatic heterocycles. The summed E-state index contributed by atoms with van der Waals surface area (Å²) in [4.78, 5) is 48.7. The highest BCUT2D eigenvalue weighted by Crippen LogP contribution is 2.34. The molecule has 0 spiro atoms. The van der Waals surface area contributed by atoms with Crippen LogP contribution in [0.25, 0.3) is 0 Å². The Balaban J connectivity index is 1.36. The second-order valence-electron chi connectivity index (χ2n) is 8.38. The van der Waals surface area contributed by atoms with E-state index >= 15 is 0 Å². The molecule has 2 aliphatic heterocycles. The Hall–Kier alpha value is -3.03. The number of aromatic amines is 1. The van der Waals surface area contributed by atoms with E-state index < -0.39 is 11.7 Å². The number of aromatic nitrogens is 2. The monoisotopic (exact) mass is 410 g/mol. The van der Waals surface area contributed by atoms with E-state index in [9.17, 15) is 18.8 Å². The van der Waals surface area contributed by atoms with Crippen LogP contribution < -0.4 is 5.56 Å². The molecule has 2 aromatic rings. The number of carbonyl (C=O) groups is 2. The number of rotatable bonds is 3. The number of hydrogen-bond donors (Lipinski definition) is 1. The highest BCUT2D eigenvalue weighted by Gasteiger charge is 2.38. The lowest BCUT2D eigenvalue weighted by Crippen LogP contribution is -2.40. The maximum Gasteiger partial charge on any atom is 0.257 e. The average molecular weight is 410 g/mol. The van der Waals surface area contributed by atoms with Crippen molar-refractivity contribution in [3.05, 3.63) is 63.1 Å². The summed E-state index contributed by atoms with van der Waals surface area (Å²) in [7, 11) is 0. The maximum absolute atomic E-state index is 14.0. The van der Waals surface area contributed by atoms with E-state index in [2.05, 4.69) is 9.97 Å². The molecule has 8 heteroatoms. The Morgan fingerprint density at radius 2 is 1.90 bits per heavy atom. The smallest absolute Gasteiger partial charge is 0.257 e. The first-order valence-corrected chi connectivity index (χ1v) is 10.5. The van der Waals surface area contributed by atoms with Gasteiger partial charge in [0.25, 0.3) is 11.5 Å². The highest BCUT2D eigenvalue weighted by atomic mass is 19.1. The fourth-order valence-electron chi connectivity index (χ4n) is 4.40. The van der Waals surface area contributed by atoms with E-state index in [0.717, 1.165) is 19.3 Å². The molecule has 1 atom stereocenters. The van der Waals surface area contributed by atoms with Crippen LogP contribution in [0.15, 0.2) is 29.1 Å². The molecule has 5 rings (SSSR count). The van der Waals surface area contributed by atoms with Gasteiger partial charge in [-0.15, -0.1) is 0 Å². The third kappa shape index (κ3) is 3.40. The molecule has 2 amide bonds. The molecule has 1 aromatic carbocycles. The molecule has 1 saturated heterocycles. The minimum Gasteiger partial charge on any atom is -0.342 e. The third-order valence-corrected chi connectivity index (χ3v) is 6.30. The van der Waals surface area contributed by atoms with Gasteiger partial charge in [0.15, 0.2) is 0 Å². The Kier molecular flexibility index (Phi) is 4.64. The van der Waals surface area contributed by atoms with Gasteiger partial charge in [0.05, 0.1) is 17.8 Å². The SMILES string of the molecule is O=C(c1ccccc1F)N1CCc2c(nc([C@H]3CCN(C(=O)C4CC4)C3)[nH]c2=O)C1. The minimum atomic E-state index is -0.556. The van der Waals surface area contributed by atoms with E-state index in [1.807, 2.05) is 4.90 Å². The Morgan fingerprint density at radius 1 is 1.10 bits per heavy atom. The van der Waals surface area contributed by atoms with Crippen molar-refractivity contribution in [3.8, 4) is 0 Å². The second-order valence-corrected chi connectivity index (χ2v) is 8.38. The fourth-order valence-corrected chi connectivity index (χ4v) is 4.40. The molecular weight excluding hydrogens is 387 g/mol. The van der Waals surface area contributed by atoms with Crippen LogP contribution in [0.4, 0.5) is 4.39 Å². The van der Waals surface area contributed by atoms with Gasteiger partial charge in [0, 0.05) is 37.0 Å². The molecule has 1 saturated carbocycles. The first-order chi connectivity index (χ1) is 14.5. The minimum absolute atomic E-state index is 0.0108. The zero-order valence-electron chi connectivity index (χ0n) is 16.6. The van der Waals surface area contributed by atoms with Gasteiger partial charge >= 0.3 is 0 Å². The number of hydrogen-bond acceptors (Lipinski definition) is 4. The van der Waals surface area contributed by atoms with E-state index in [4.69, 9.17) is 0 Å². The van der Waals surface area contributed by atoms with Crippen LogP contribution in [-0.4, -0.2) is 51.2 Å². The van der Waals surface area contributed by atoms with Gasteiger partial charge in [-0.05, 0) is 37.8 Å². The number of nitrogens with zero attached hydrogens (tertiary/aromatic N) is 3. The van der Waals surface area contributed by atoms with E-state index in [0.29, 0.717) is 43.1 Å². The standard InChI is InChI=1S/C22H23FN4O3/c23-17-4-2-1-3-15(17)22(30)27-10-8-16-18(12-27)24-19(25-20(16)28)14-7-9-26(11-14)21(29)13-5-6-13/h1-4,13-14H,5-12H2,(H,24,25,28)/t14-/m0/s1. The largest absolute Gasteiger partial charge is 0.342 e. The number of nitrogens with one attached hydrogen (secondary N) is 1. The van der Waals surface area contributed by atoms with Crippen molar-refractivity contribution >= 4 is 11.8 Å². The molecule has 2 fully saturated rings. The van der Waals surface area contributed by atoms with Crippen molar-refractivity contribution in [3.63, 3.8) is 0 Å². The van der Waals surface area contributed by atoms with Crippen LogP contribution in [0, 0.1) is 11.7 Å². The molecule has 30 heavy (non-hydrogen) atoms.